The van der Waals surface area contributed by atoms with E-state index in [2.05, 4.69) is 16.4 Å². The fraction of sp³-hybridized carbons (Fsp3) is 0.280. The molecule has 0 amide bonds. The lowest BCUT2D eigenvalue weighted by Gasteiger charge is -2.32. The zero-order valence-electron chi connectivity index (χ0n) is 17.8. The Hall–Kier alpha value is -3.34. The van der Waals surface area contributed by atoms with Gasteiger partial charge in [0.05, 0.1) is 17.8 Å². The van der Waals surface area contributed by atoms with Crippen LogP contribution >= 0.6 is 0 Å². The van der Waals surface area contributed by atoms with Gasteiger partial charge in [-0.3, -0.25) is 9.88 Å². The summed E-state index contributed by atoms with van der Waals surface area (Å²) >= 11 is 0. The fourth-order valence-electron chi connectivity index (χ4n) is 4.05. The van der Waals surface area contributed by atoms with E-state index in [0.717, 1.165) is 39.3 Å². The molecule has 4 rings (SSSR count). The first-order valence-corrected chi connectivity index (χ1v) is 10.4. The molecule has 0 saturated carbocycles. The number of aliphatic hydroxyl groups is 1. The van der Waals surface area contributed by atoms with Crippen molar-refractivity contribution in [3.05, 3.63) is 77.0 Å². The Morgan fingerprint density at radius 1 is 1.22 bits per heavy atom. The maximum Gasteiger partial charge on any atom is 0.283 e. The quantitative estimate of drug-likeness (QED) is 0.591. The second kappa shape index (κ2) is 9.03. The molecule has 0 aliphatic carbocycles. The van der Waals surface area contributed by atoms with Crippen LogP contribution in [0.5, 0.6) is 0 Å². The van der Waals surface area contributed by atoms with Gasteiger partial charge >= 0.3 is 0 Å². The minimum atomic E-state index is -3.09. The zero-order chi connectivity index (χ0) is 22.7. The topological polar surface area (TPSA) is 72.2 Å². The average Bonchev–Trinajstić information content (AvgIpc) is 2.80. The van der Waals surface area contributed by atoms with Crippen LogP contribution in [0.15, 0.2) is 54.7 Å². The number of aliphatic hydroxyl groups excluding tert-OH is 1. The highest BCUT2D eigenvalue weighted by Gasteiger charge is 2.32. The number of benzene rings is 2. The molecule has 0 saturated heterocycles. The van der Waals surface area contributed by atoms with E-state index in [1.165, 1.54) is 0 Å². The Morgan fingerprint density at radius 3 is 2.78 bits per heavy atom. The summed E-state index contributed by atoms with van der Waals surface area (Å²) in [6, 6.07) is 17.6. The molecule has 0 atom stereocenters. The number of aromatic nitrogens is 1. The number of aryl methyl sites for hydroxylation is 1. The van der Waals surface area contributed by atoms with Crippen molar-refractivity contribution < 1.29 is 13.9 Å². The number of hydrogen-bond acceptors (Lipinski definition) is 5. The summed E-state index contributed by atoms with van der Waals surface area (Å²) in [6.45, 7) is 1.37. The summed E-state index contributed by atoms with van der Waals surface area (Å²) in [7, 11) is 0. The number of halogens is 2. The molecule has 2 heterocycles. The highest BCUT2D eigenvalue weighted by atomic mass is 19.3. The first kappa shape index (κ1) is 21.9. The number of nitrogens with zero attached hydrogens (tertiary/aromatic N) is 3. The molecule has 32 heavy (non-hydrogen) atoms. The average molecular weight is 434 g/mol. The van der Waals surface area contributed by atoms with E-state index in [4.69, 9.17) is 10.4 Å². The van der Waals surface area contributed by atoms with Gasteiger partial charge in [0, 0.05) is 36.2 Å². The number of fused-ring (bicyclic) bond motifs is 1. The van der Waals surface area contributed by atoms with Gasteiger partial charge in [-0.1, -0.05) is 18.2 Å². The van der Waals surface area contributed by atoms with Gasteiger partial charge in [0.2, 0.25) is 0 Å². The predicted molar refractivity (Wildman–Crippen MR) is 120 cm³/mol. The molecule has 1 aromatic heterocycles. The van der Waals surface area contributed by atoms with Crippen LogP contribution in [0.4, 0.5) is 20.2 Å². The minimum Gasteiger partial charge on any atom is -0.390 e. The molecular formula is C25H24F2N4O. The second-order valence-electron chi connectivity index (χ2n) is 8.12. The van der Waals surface area contributed by atoms with Crippen molar-refractivity contribution in [1.82, 2.24) is 9.88 Å². The van der Waals surface area contributed by atoms with Crippen molar-refractivity contribution in [2.45, 2.75) is 25.8 Å². The van der Waals surface area contributed by atoms with Gasteiger partial charge in [-0.15, -0.1) is 0 Å². The van der Waals surface area contributed by atoms with Crippen molar-refractivity contribution in [2.24, 2.45) is 0 Å². The van der Waals surface area contributed by atoms with Gasteiger partial charge < -0.3 is 10.4 Å². The second-order valence-corrected chi connectivity index (χ2v) is 8.12. The largest absolute Gasteiger partial charge is 0.390 e. The van der Waals surface area contributed by atoms with E-state index in [-0.39, 0.29) is 0 Å². The summed E-state index contributed by atoms with van der Waals surface area (Å²) in [5, 5.41) is 21.3. The third-order valence-electron chi connectivity index (χ3n) is 5.72. The molecule has 0 fully saturated rings. The van der Waals surface area contributed by atoms with E-state index in [1.807, 2.05) is 49.4 Å². The Labute approximate surface area is 186 Å². The van der Waals surface area contributed by atoms with Crippen molar-refractivity contribution >= 4 is 11.4 Å². The van der Waals surface area contributed by atoms with Crippen LogP contribution in [0.3, 0.4) is 0 Å². The number of nitrogens with one attached hydrogen (secondary N) is 1. The van der Waals surface area contributed by atoms with Crippen LogP contribution in [0, 0.1) is 18.3 Å². The first-order chi connectivity index (χ1) is 15.4. The normalized spacial score (nSPS) is 14.0. The van der Waals surface area contributed by atoms with Gasteiger partial charge in [-0.25, -0.2) is 8.78 Å². The number of nitriles is 1. The predicted octanol–water partition coefficient (Wildman–Crippen LogP) is 4.66. The van der Waals surface area contributed by atoms with Crippen LogP contribution < -0.4 is 5.32 Å². The van der Waals surface area contributed by atoms with Crippen LogP contribution in [-0.4, -0.2) is 40.6 Å². The Bertz CT molecular complexity index is 1160. The number of rotatable bonds is 6. The molecule has 2 N–H and O–H groups in total. The van der Waals surface area contributed by atoms with Crippen LogP contribution in [-0.2, 0) is 13.0 Å². The molecule has 3 aromatic rings. The molecule has 0 radical (unpaired) electrons. The van der Waals surface area contributed by atoms with E-state index >= 15 is 0 Å². The highest BCUT2D eigenvalue weighted by Crippen LogP contribution is 2.32. The zero-order valence-corrected chi connectivity index (χ0v) is 17.8. The Kier molecular flexibility index (Phi) is 6.17. The van der Waals surface area contributed by atoms with Gasteiger partial charge in [0.15, 0.2) is 0 Å². The van der Waals surface area contributed by atoms with Crippen LogP contribution in [0.2, 0.25) is 0 Å². The van der Waals surface area contributed by atoms with Gasteiger partial charge in [-0.2, -0.15) is 5.26 Å². The summed E-state index contributed by atoms with van der Waals surface area (Å²) in [6.07, 6.45) is 2.21. The number of pyridine rings is 1. The summed E-state index contributed by atoms with van der Waals surface area (Å²) in [5.74, 6) is -3.09. The fourth-order valence-corrected chi connectivity index (χ4v) is 4.05. The summed E-state index contributed by atoms with van der Waals surface area (Å²) in [4.78, 5) is 6.09. The van der Waals surface area contributed by atoms with E-state index in [1.54, 1.807) is 17.2 Å². The molecule has 1 aliphatic rings. The molecule has 0 unspecified atom stereocenters. The summed E-state index contributed by atoms with van der Waals surface area (Å²) in [5.41, 5.74) is 7.34. The molecule has 7 heteroatoms. The van der Waals surface area contributed by atoms with Crippen LogP contribution in [0.1, 0.15) is 22.3 Å². The minimum absolute atomic E-state index is 0.425. The monoisotopic (exact) mass is 434 g/mol. The maximum absolute atomic E-state index is 13.6. The maximum atomic E-state index is 13.6. The third-order valence-corrected chi connectivity index (χ3v) is 5.72. The molecular weight excluding hydrogens is 410 g/mol. The van der Waals surface area contributed by atoms with Gasteiger partial charge in [-0.05, 0) is 60.4 Å². The molecule has 0 spiro atoms. The first-order valence-electron chi connectivity index (χ1n) is 10.4. The summed E-state index contributed by atoms with van der Waals surface area (Å²) < 4.78 is 27.2. The number of anilines is 2. The van der Waals surface area contributed by atoms with E-state index < -0.39 is 19.1 Å². The highest BCUT2D eigenvalue weighted by molar-refractivity contribution is 5.73. The molecule has 5 nitrogen and oxygen atoms in total. The van der Waals surface area contributed by atoms with E-state index in [0.29, 0.717) is 25.1 Å². The van der Waals surface area contributed by atoms with Gasteiger partial charge in [0.1, 0.15) is 12.7 Å². The lowest BCUT2D eigenvalue weighted by Crippen LogP contribution is -2.41. The lowest BCUT2D eigenvalue weighted by molar-refractivity contribution is -0.0749. The van der Waals surface area contributed by atoms with Gasteiger partial charge in [0.25, 0.3) is 5.92 Å². The lowest BCUT2D eigenvalue weighted by atomic mass is 9.97. The molecule has 164 valence electrons. The third kappa shape index (κ3) is 4.77. The Morgan fingerprint density at radius 2 is 2.06 bits per heavy atom. The van der Waals surface area contributed by atoms with Crippen molar-refractivity contribution in [3.63, 3.8) is 0 Å². The van der Waals surface area contributed by atoms with Crippen molar-refractivity contribution in [1.29, 1.82) is 5.26 Å². The number of hydrogen-bond donors (Lipinski definition) is 2. The SMILES string of the molecule is Cc1ccc(Nc2cccc3c2CCN(CC(F)(F)CO)C3)cc1-c1ccc(C#N)cn1. The van der Waals surface area contributed by atoms with Crippen molar-refractivity contribution in [2.75, 3.05) is 25.0 Å². The molecule has 0 bridgehead atoms. The van der Waals surface area contributed by atoms with Crippen molar-refractivity contribution in [3.8, 4) is 17.3 Å². The smallest absolute Gasteiger partial charge is 0.283 e. The van der Waals surface area contributed by atoms with E-state index in [9.17, 15) is 8.78 Å². The number of alkyl halides is 2. The van der Waals surface area contributed by atoms with Crippen LogP contribution in [0.25, 0.3) is 11.3 Å². The molecule has 2 aromatic carbocycles. The Balaban J connectivity index is 1.56. The standard InChI is InChI=1S/C25H24F2N4O/c1-17-5-7-20(11-22(17)23-8-6-18(12-28)13-29-23)30-24-4-2-3-19-14-31(10-9-21(19)24)15-25(26,27)16-32/h2-8,11,13,30,32H,9-10,14-16H2,1H3. The molecule has 1 aliphatic heterocycles.